The molecule has 1 aliphatic rings. The van der Waals surface area contributed by atoms with E-state index >= 15 is 0 Å². The van der Waals surface area contributed by atoms with Gasteiger partial charge in [-0.2, -0.15) is 0 Å². The Hall–Kier alpha value is -2.85. The Morgan fingerprint density at radius 1 is 1.04 bits per heavy atom. The molecule has 4 rings (SSSR count). The van der Waals surface area contributed by atoms with Crippen LogP contribution < -0.4 is 5.32 Å². The van der Waals surface area contributed by atoms with Crippen LogP contribution in [0.1, 0.15) is 39.6 Å². The molecule has 1 amide bonds. The first-order chi connectivity index (χ1) is 13.1. The zero-order valence-electron chi connectivity index (χ0n) is 14.7. The van der Waals surface area contributed by atoms with Gasteiger partial charge in [0, 0.05) is 29.4 Å². The van der Waals surface area contributed by atoms with Gasteiger partial charge in [-0.15, -0.1) is 0 Å². The van der Waals surface area contributed by atoms with Gasteiger partial charge in [0.1, 0.15) is 0 Å². The van der Waals surface area contributed by atoms with E-state index in [1.165, 1.54) is 0 Å². The largest absolute Gasteiger partial charge is 0.351 e. The fraction of sp³-hybridized carbons (Fsp3) is 0.182. The van der Waals surface area contributed by atoms with E-state index in [4.69, 9.17) is 11.6 Å². The summed E-state index contributed by atoms with van der Waals surface area (Å²) in [4.78, 5) is 25.4. The summed E-state index contributed by atoms with van der Waals surface area (Å²) in [5.74, 6) is -0.270. The van der Waals surface area contributed by atoms with Crippen LogP contribution in [0.25, 0.3) is 0 Å². The zero-order chi connectivity index (χ0) is 18.8. The smallest absolute Gasteiger partial charge is 0.229 e. The van der Waals surface area contributed by atoms with Crippen molar-refractivity contribution >= 4 is 23.3 Å². The Morgan fingerprint density at radius 2 is 1.85 bits per heavy atom. The maximum absolute atomic E-state index is 12.8. The third kappa shape index (κ3) is 3.53. The molecule has 1 N–H and O–H groups in total. The van der Waals surface area contributed by atoms with Crippen LogP contribution in [-0.4, -0.2) is 16.3 Å². The van der Waals surface area contributed by atoms with Crippen LogP contribution in [0.4, 0.5) is 0 Å². The van der Waals surface area contributed by atoms with Crippen LogP contribution in [0.5, 0.6) is 0 Å². The number of fused-ring (bicyclic) bond motifs is 1. The number of carbonyl (C=O) groups excluding carboxylic acids is 2. The molecule has 0 saturated heterocycles. The minimum Gasteiger partial charge on any atom is -0.351 e. The van der Waals surface area contributed by atoms with E-state index in [9.17, 15) is 9.59 Å². The lowest BCUT2D eigenvalue weighted by Crippen LogP contribution is -2.27. The highest BCUT2D eigenvalue weighted by atomic mass is 35.5. The third-order valence-electron chi connectivity index (χ3n) is 4.95. The number of nitrogens with one attached hydrogen (secondary N) is 1. The van der Waals surface area contributed by atoms with Crippen molar-refractivity contribution < 1.29 is 9.59 Å². The number of ketones is 1. The number of benzene rings is 2. The number of amides is 1. The number of rotatable bonds is 5. The predicted octanol–water partition coefficient (Wildman–Crippen LogP) is 4.18. The van der Waals surface area contributed by atoms with Gasteiger partial charge in [-0.25, -0.2) is 0 Å². The standard InChI is InChI=1S/C22H19ClN2O2/c23-17-8-4-5-15(13-17)14-24-22(27)18-11-12-25-19(18)9-10-20(25)21(26)16-6-2-1-3-7-16/h1-10,13,18H,11-12,14H2,(H,24,27). The fourth-order valence-electron chi connectivity index (χ4n) is 3.60. The van der Waals surface area contributed by atoms with E-state index in [1.54, 1.807) is 0 Å². The minimum absolute atomic E-state index is 0.0122. The SMILES string of the molecule is O=C(c1ccccc1)c1ccc2n1CCC2C(=O)NCc1cccc(Cl)c1. The van der Waals surface area contributed by atoms with Gasteiger partial charge in [0.2, 0.25) is 11.7 Å². The maximum Gasteiger partial charge on any atom is 0.229 e. The number of carbonyl (C=O) groups is 2. The molecule has 1 aromatic heterocycles. The molecule has 1 unspecified atom stereocenters. The lowest BCUT2D eigenvalue weighted by molar-refractivity contribution is -0.122. The molecule has 0 spiro atoms. The molecule has 0 bridgehead atoms. The van der Waals surface area contributed by atoms with Crippen molar-refractivity contribution in [2.75, 3.05) is 0 Å². The van der Waals surface area contributed by atoms with E-state index in [0.29, 0.717) is 35.8 Å². The van der Waals surface area contributed by atoms with Crippen LogP contribution in [0.3, 0.4) is 0 Å². The van der Waals surface area contributed by atoms with Crippen molar-refractivity contribution in [1.82, 2.24) is 9.88 Å². The molecule has 3 aromatic rings. The normalized spacial score (nSPS) is 15.4. The minimum atomic E-state index is -0.235. The molecular formula is C22H19ClN2O2. The van der Waals surface area contributed by atoms with E-state index in [2.05, 4.69) is 5.32 Å². The number of hydrogen-bond donors (Lipinski definition) is 1. The quantitative estimate of drug-likeness (QED) is 0.677. The average Bonchev–Trinajstić information content (AvgIpc) is 3.28. The highest BCUT2D eigenvalue weighted by molar-refractivity contribution is 6.30. The van der Waals surface area contributed by atoms with Crippen LogP contribution in [0.15, 0.2) is 66.7 Å². The van der Waals surface area contributed by atoms with Gasteiger partial charge >= 0.3 is 0 Å². The molecule has 0 radical (unpaired) electrons. The first-order valence-corrected chi connectivity index (χ1v) is 9.32. The second-order valence-electron chi connectivity index (χ2n) is 6.68. The molecule has 4 nitrogen and oxygen atoms in total. The van der Waals surface area contributed by atoms with Crippen LogP contribution in [0, 0.1) is 0 Å². The van der Waals surface area contributed by atoms with Crippen LogP contribution in [-0.2, 0) is 17.9 Å². The van der Waals surface area contributed by atoms with Crippen molar-refractivity contribution in [3.8, 4) is 0 Å². The highest BCUT2D eigenvalue weighted by Crippen LogP contribution is 2.31. The second-order valence-corrected chi connectivity index (χ2v) is 7.12. The van der Waals surface area contributed by atoms with Gasteiger partial charge in [0.25, 0.3) is 0 Å². The summed E-state index contributed by atoms with van der Waals surface area (Å²) in [6.07, 6.45) is 0.701. The maximum atomic E-state index is 12.8. The second kappa shape index (κ2) is 7.41. The molecule has 0 aliphatic carbocycles. The number of halogens is 1. The molecule has 1 aliphatic heterocycles. The molecule has 2 heterocycles. The topological polar surface area (TPSA) is 51.1 Å². The van der Waals surface area contributed by atoms with E-state index in [1.807, 2.05) is 71.3 Å². The van der Waals surface area contributed by atoms with E-state index in [-0.39, 0.29) is 17.6 Å². The third-order valence-corrected chi connectivity index (χ3v) is 5.19. The first kappa shape index (κ1) is 17.6. The molecule has 0 saturated carbocycles. The molecule has 1 atom stereocenters. The zero-order valence-corrected chi connectivity index (χ0v) is 15.4. The van der Waals surface area contributed by atoms with Crippen molar-refractivity contribution in [3.63, 3.8) is 0 Å². The molecule has 0 fully saturated rings. The van der Waals surface area contributed by atoms with Crippen molar-refractivity contribution in [1.29, 1.82) is 0 Å². The van der Waals surface area contributed by atoms with Gasteiger partial charge in [0.15, 0.2) is 0 Å². The molecule has 5 heteroatoms. The Morgan fingerprint density at radius 3 is 2.63 bits per heavy atom. The molecule has 2 aromatic carbocycles. The number of hydrogen-bond acceptors (Lipinski definition) is 2. The molecular weight excluding hydrogens is 360 g/mol. The number of nitrogens with zero attached hydrogens (tertiary/aromatic N) is 1. The Kier molecular flexibility index (Phi) is 4.82. The lowest BCUT2D eigenvalue weighted by atomic mass is 10.0. The van der Waals surface area contributed by atoms with Gasteiger partial charge in [0.05, 0.1) is 11.6 Å². The van der Waals surface area contributed by atoms with Crippen LogP contribution in [0.2, 0.25) is 5.02 Å². The Balaban J connectivity index is 1.48. The van der Waals surface area contributed by atoms with Crippen molar-refractivity contribution in [2.45, 2.75) is 25.4 Å². The summed E-state index contributed by atoms with van der Waals surface area (Å²) < 4.78 is 1.97. The fourth-order valence-corrected chi connectivity index (χ4v) is 3.82. The first-order valence-electron chi connectivity index (χ1n) is 8.95. The average molecular weight is 379 g/mol. The summed E-state index contributed by atoms with van der Waals surface area (Å²) >= 11 is 5.99. The monoisotopic (exact) mass is 378 g/mol. The lowest BCUT2D eigenvalue weighted by Gasteiger charge is -2.11. The van der Waals surface area contributed by atoms with Gasteiger partial charge in [-0.3, -0.25) is 9.59 Å². The van der Waals surface area contributed by atoms with Crippen molar-refractivity contribution in [3.05, 3.63) is 94.3 Å². The van der Waals surface area contributed by atoms with Crippen molar-refractivity contribution in [2.24, 2.45) is 0 Å². The summed E-state index contributed by atoms with van der Waals surface area (Å²) in [5.41, 5.74) is 3.16. The van der Waals surface area contributed by atoms with E-state index < -0.39 is 0 Å². The summed E-state index contributed by atoms with van der Waals surface area (Å²) in [6, 6.07) is 20.4. The summed E-state index contributed by atoms with van der Waals surface area (Å²) in [5, 5.41) is 3.64. The molecule has 136 valence electrons. The van der Waals surface area contributed by atoms with Gasteiger partial charge < -0.3 is 9.88 Å². The Labute approximate surface area is 162 Å². The summed E-state index contributed by atoms with van der Waals surface area (Å²) in [6.45, 7) is 1.11. The highest BCUT2D eigenvalue weighted by Gasteiger charge is 2.31. The van der Waals surface area contributed by atoms with Gasteiger partial charge in [-0.1, -0.05) is 54.1 Å². The van der Waals surface area contributed by atoms with E-state index in [0.717, 1.165) is 11.3 Å². The van der Waals surface area contributed by atoms with Gasteiger partial charge in [-0.05, 0) is 36.2 Å². The number of aromatic nitrogens is 1. The predicted molar refractivity (Wildman–Crippen MR) is 105 cm³/mol. The summed E-state index contributed by atoms with van der Waals surface area (Å²) in [7, 11) is 0. The van der Waals surface area contributed by atoms with Crippen LogP contribution >= 0.6 is 11.6 Å². The molecule has 27 heavy (non-hydrogen) atoms. The Bertz CT molecular complexity index is 995.